The number of hydrogen-bond donors (Lipinski definition) is 2. The first kappa shape index (κ1) is 12.2. The van der Waals surface area contributed by atoms with Gasteiger partial charge in [-0.2, -0.15) is 0 Å². The van der Waals surface area contributed by atoms with Crippen molar-refractivity contribution in [1.82, 2.24) is 4.98 Å². The molecule has 2 heterocycles. The molecule has 1 aromatic carbocycles. The van der Waals surface area contributed by atoms with Crippen LogP contribution in [0.25, 0.3) is 0 Å². The number of anilines is 3. The number of para-hydroxylation sites is 2. The number of fused-ring (bicyclic) bond motifs is 1. The highest BCUT2D eigenvalue weighted by Gasteiger charge is 2.27. The van der Waals surface area contributed by atoms with E-state index in [1.807, 2.05) is 6.07 Å². The highest BCUT2D eigenvalue weighted by molar-refractivity contribution is 6.15. The van der Waals surface area contributed by atoms with Crippen molar-refractivity contribution in [3.8, 4) is 0 Å². The lowest BCUT2D eigenvalue weighted by atomic mass is 10.1. The lowest BCUT2D eigenvalue weighted by Gasteiger charge is -2.29. The Balaban J connectivity index is 1.99. The molecule has 2 aromatic rings. The van der Waals surface area contributed by atoms with Gasteiger partial charge in [0.15, 0.2) is 0 Å². The number of nitrogens with zero attached hydrogens (tertiary/aromatic N) is 2. The van der Waals surface area contributed by atoms with E-state index in [4.69, 9.17) is 5.73 Å². The number of amides is 2. The highest BCUT2D eigenvalue weighted by atomic mass is 16.2. The maximum Gasteiger partial charge on any atom is 0.260 e. The first-order chi connectivity index (χ1) is 9.65. The lowest BCUT2D eigenvalue weighted by Crippen LogP contribution is -2.42. The summed E-state index contributed by atoms with van der Waals surface area (Å²) in [5, 5.41) is 2.74. The van der Waals surface area contributed by atoms with Crippen molar-refractivity contribution in [2.75, 3.05) is 22.5 Å². The van der Waals surface area contributed by atoms with Crippen LogP contribution in [-0.2, 0) is 4.79 Å². The summed E-state index contributed by atoms with van der Waals surface area (Å²) in [5.74, 6) is -0.154. The molecule has 0 atom stereocenters. The summed E-state index contributed by atoms with van der Waals surface area (Å²) < 4.78 is 0. The van der Waals surface area contributed by atoms with Crippen molar-refractivity contribution in [3.05, 3.63) is 48.2 Å². The van der Waals surface area contributed by atoms with E-state index in [1.165, 1.54) is 11.1 Å². The predicted molar refractivity (Wildman–Crippen MR) is 75.4 cm³/mol. The molecule has 3 N–H and O–H groups in total. The molecule has 0 saturated carbocycles. The second-order valence-corrected chi connectivity index (χ2v) is 4.43. The fourth-order valence-electron chi connectivity index (χ4n) is 2.10. The van der Waals surface area contributed by atoms with E-state index in [2.05, 4.69) is 10.3 Å². The zero-order valence-electron chi connectivity index (χ0n) is 10.5. The quantitative estimate of drug-likeness (QED) is 0.815. The van der Waals surface area contributed by atoms with Crippen molar-refractivity contribution in [2.45, 2.75) is 0 Å². The highest BCUT2D eigenvalue weighted by Crippen LogP contribution is 2.29. The van der Waals surface area contributed by atoms with Crippen LogP contribution in [0.4, 0.5) is 17.2 Å². The molecule has 0 unspecified atom stereocenters. The molecule has 100 valence electrons. The standard InChI is InChI=1S/C14H12N4O2/c15-12-6-5-9(7-16-12)14(20)18-8-13(19)17-10-3-1-2-4-11(10)18/h1-7H,8H2,(H2,15,16)(H,17,19). The molecule has 0 fully saturated rings. The van der Waals surface area contributed by atoms with Crippen LogP contribution in [0.15, 0.2) is 42.6 Å². The van der Waals surface area contributed by atoms with Gasteiger partial charge in [-0.05, 0) is 24.3 Å². The summed E-state index contributed by atoms with van der Waals surface area (Å²) in [6.07, 6.45) is 1.41. The minimum atomic E-state index is -0.278. The number of benzene rings is 1. The van der Waals surface area contributed by atoms with Gasteiger partial charge in [-0.15, -0.1) is 0 Å². The first-order valence-corrected chi connectivity index (χ1v) is 6.07. The topological polar surface area (TPSA) is 88.3 Å². The molecular formula is C14H12N4O2. The Hall–Kier alpha value is -2.89. The van der Waals surface area contributed by atoms with E-state index in [-0.39, 0.29) is 18.4 Å². The van der Waals surface area contributed by atoms with Gasteiger partial charge in [-0.1, -0.05) is 12.1 Å². The first-order valence-electron chi connectivity index (χ1n) is 6.07. The molecule has 2 amide bonds. The number of hydrogen-bond acceptors (Lipinski definition) is 4. The van der Waals surface area contributed by atoms with Crippen molar-refractivity contribution >= 4 is 29.0 Å². The third-order valence-electron chi connectivity index (χ3n) is 3.05. The number of pyridine rings is 1. The normalized spacial score (nSPS) is 13.6. The Morgan fingerprint density at radius 1 is 1.25 bits per heavy atom. The number of carbonyl (C=O) groups is 2. The van der Waals surface area contributed by atoms with Crippen LogP contribution in [0.1, 0.15) is 10.4 Å². The van der Waals surface area contributed by atoms with Gasteiger partial charge in [0.2, 0.25) is 5.91 Å². The molecule has 1 aliphatic heterocycles. The largest absolute Gasteiger partial charge is 0.384 e. The smallest absolute Gasteiger partial charge is 0.260 e. The third-order valence-corrected chi connectivity index (χ3v) is 3.05. The number of nitrogens with two attached hydrogens (primary N) is 1. The van der Waals surface area contributed by atoms with Gasteiger partial charge in [-0.25, -0.2) is 4.98 Å². The Morgan fingerprint density at radius 3 is 2.80 bits per heavy atom. The Bertz CT molecular complexity index is 682. The molecule has 20 heavy (non-hydrogen) atoms. The molecule has 1 aromatic heterocycles. The third kappa shape index (κ3) is 2.07. The summed E-state index contributed by atoms with van der Waals surface area (Å²) in [6.45, 7) is -0.0137. The van der Waals surface area contributed by atoms with E-state index >= 15 is 0 Å². The minimum absolute atomic E-state index is 0.0137. The Labute approximate surface area is 115 Å². The fraction of sp³-hybridized carbons (Fsp3) is 0.0714. The van der Waals surface area contributed by atoms with Gasteiger partial charge >= 0.3 is 0 Å². The zero-order valence-corrected chi connectivity index (χ0v) is 10.5. The van der Waals surface area contributed by atoms with E-state index in [0.717, 1.165) is 0 Å². The van der Waals surface area contributed by atoms with Crippen LogP contribution < -0.4 is 16.0 Å². The second-order valence-electron chi connectivity index (χ2n) is 4.43. The van der Waals surface area contributed by atoms with Gasteiger partial charge < -0.3 is 11.1 Å². The number of carbonyl (C=O) groups excluding carboxylic acids is 2. The summed E-state index contributed by atoms with van der Waals surface area (Å²) in [5.41, 5.74) is 7.20. The van der Waals surface area contributed by atoms with Gasteiger partial charge in [0, 0.05) is 6.20 Å². The average molecular weight is 268 g/mol. The second kappa shape index (κ2) is 4.65. The van der Waals surface area contributed by atoms with E-state index in [9.17, 15) is 9.59 Å². The molecular weight excluding hydrogens is 256 g/mol. The van der Waals surface area contributed by atoms with Gasteiger partial charge in [0.05, 0.1) is 16.9 Å². The van der Waals surface area contributed by atoms with Crippen molar-refractivity contribution in [2.24, 2.45) is 0 Å². The maximum absolute atomic E-state index is 12.5. The summed E-state index contributed by atoms with van der Waals surface area (Å²) in [6, 6.07) is 10.3. The minimum Gasteiger partial charge on any atom is -0.384 e. The molecule has 0 aliphatic carbocycles. The predicted octanol–water partition coefficient (Wildman–Crippen LogP) is 1.26. The molecule has 0 radical (unpaired) electrons. The molecule has 6 heteroatoms. The molecule has 3 rings (SSSR count). The Morgan fingerprint density at radius 2 is 2.05 bits per heavy atom. The van der Waals surface area contributed by atoms with Crippen molar-refractivity contribution in [3.63, 3.8) is 0 Å². The number of nitrogens with one attached hydrogen (secondary N) is 1. The average Bonchev–Trinajstić information content (AvgIpc) is 2.46. The lowest BCUT2D eigenvalue weighted by molar-refractivity contribution is -0.115. The van der Waals surface area contributed by atoms with Gasteiger partial charge in [0.1, 0.15) is 12.4 Å². The van der Waals surface area contributed by atoms with Crippen molar-refractivity contribution < 1.29 is 9.59 Å². The molecule has 1 aliphatic rings. The van der Waals surface area contributed by atoms with Gasteiger partial charge in [0.25, 0.3) is 5.91 Å². The number of aromatic nitrogens is 1. The van der Waals surface area contributed by atoms with Crippen LogP contribution in [0.5, 0.6) is 0 Å². The van der Waals surface area contributed by atoms with Crippen LogP contribution in [0.2, 0.25) is 0 Å². The SMILES string of the molecule is Nc1ccc(C(=O)N2CC(=O)Nc3ccccc32)cn1. The summed E-state index contributed by atoms with van der Waals surface area (Å²) >= 11 is 0. The molecule has 0 spiro atoms. The number of rotatable bonds is 1. The molecule has 0 saturated heterocycles. The Kier molecular flexibility index (Phi) is 2.83. The summed E-state index contributed by atoms with van der Waals surface area (Å²) in [4.78, 5) is 29.5. The maximum atomic E-state index is 12.5. The fourth-order valence-corrected chi connectivity index (χ4v) is 2.10. The van der Waals surface area contributed by atoms with E-state index in [1.54, 1.807) is 30.3 Å². The van der Waals surface area contributed by atoms with Crippen molar-refractivity contribution in [1.29, 1.82) is 0 Å². The van der Waals surface area contributed by atoms with Crippen LogP contribution in [0.3, 0.4) is 0 Å². The van der Waals surface area contributed by atoms with Crippen LogP contribution in [0, 0.1) is 0 Å². The molecule has 6 nitrogen and oxygen atoms in total. The van der Waals surface area contributed by atoms with Crippen LogP contribution in [-0.4, -0.2) is 23.3 Å². The van der Waals surface area contributed by atoms with Crippen LogP contribution >= 0.6 is 0 Å². The zero-order chi connectivity index (χ0) is 14.1. The van der Waals surface area contributed by atoms with E-state index in [0.29, 0.717) is 22.8 Å². The molecule has 0 bridgehead atoms. The summed E-state index contributed by atoms with van der Waals surface area (Å²) in [7, 11) is 0. The van der Waals surface area contributed by atoms with E-state index < -0.39 is 0 Å². The monoisotopic (exact) mass is 268 g/mol. The van der Waals surface area contributed by atoms with Gasteiger partial charge in [-0.3, -0.25) is 14.5 Å². The number of nitrogen functional groups attached to an aromatic ring is 1.